The SMILES string of the molecule is CC(C)CCOCCNCCc1ccc(Cl)cc1Cl. The van der Waals surface area contributed by atoms with Gasteiger partial charge in [0.1, 0.15) is 0 Å². The minimum absolute atomic E-state index is 0.681. The molecule has 1 N–H and O–H groups in total. The molecular formula is C15H23Cl2NO. The molecule has 0 spiro atoms. The van der Waals surface area contributed by atoms with Crippen LogP contribution in [-0.4, -0.2) is 26.3 Å². The molecule has 0 radical (unpaired) electrons. The first-order chi connectivity index (χ1) is 9.09. The Morgan fingerprint density at radius 3 is 2.63 bits per heavy atom. The molecule has 1 rings (SSSR count). The first-order valence-electron chi connectivity index (χ1n) is 6.82. The van der Waals surface area contributed by atoms with Gasteiger partial charge in [-0.15, -0.1) is 0 Å². The number of hydrogen-bond acceptors (Lipinski definition) is 2. The predicted molar refractivity (Wildman–Crippen MR) is 83.3 cm³/mol. The van der Waals surface area contributed by atoms with Crippen molar-refractivity contribution in [1.29, 1.82) is 0 Å². The number of ether oxygens (including phenoxy) is 1. The number of rotatable bonds is 9. The van der Waals surface area contributed by atoms with Crippen molar-refractivity contribution in [2.24, 2.45) is 5.92 Å². The molecule has 0 heterocycles. The monoisotopic (exact) mass is 303 g/mol. The van der Waals surface area contributed by atoms with E-state index < -0.39 is 0 Å². The highest BCUT2D eigenvalue weighted by molar-refractivity contribution is 6.35. The Balaban J connectivity index is 2.04. The lowest BCUT2D eigenvalue weighted by atomic mass is 10.1. The van der Waals surface area contributed by atoms with Gasteiger partial charge in [-0.3, -0.25) is 0 Å². The van der Waals surface area contributed by atoms with Crippen molar-refractivity contribution >= 4 is 23.2 Å². The Morgan fingerprint density at radius 1 is 1.16 bits per heavy atom. The van der Waals surface area contributed by atoms with Crippen LogP contribution in [0.3, 0.4) is 0 Å². The molecule has 0 fully saturated rings. The van der Waals surface area contributed by atoms with E-state index in [1.165, 1.54) is 0 Å². The van der Waals surface area contributed by atoms with Crippen LogP contribution in [0.4, 0.5) is 0 Å². The van der Waals surface area contributed by atoms with Gasteiger partial charge in [0.2, 0.25) is 0 Å². The Bertz CT molecular complexity index is 369. The van der Waals surface area contributed by atoms with Crippen molar-refractivity contribution in [1.82, 2.24) is 5.32 Å². The lowest BCUT2D eigenvalue weighted by Crippen LogP contribution is -2.22. The van der Waals surface area contributed by atoms with E-state index in [2.05, 4.69) is 19.2 Å². The Kier molecular flexibility index (Phi) is 8.47. The van der Waals surface area contributed by atoms with Crippen LogP contribution >= 0.6 is 23.2 Å². The summed E-state index contributed by atoms with van der Waals surface area (Å²) in [6, 6.07) is 5.64. The zero-order valence-corrected chi connectivity index (χ0v) is 13.2. The quantitative estimate of drug-likeness (QED) is 0.691. The topological polar surface area (TPSA) is 21.3 Å². The van der Waals surface area contributed by atoms with Crippen LogP contribution in [0.2, 0.25) is 10.0 Å². The van der Waals surface area contributed by atoms with Gasteiger partial charge in [0.25, 0.3) is 0 Å². The normalized spacial score (nSPS) is 11.2. The first kappa shape index (κ1) is 16.8. The van der Waals surface area contributed by atoms with Gasteiger partial charge in [0, 0.05) is 23.2 Å². The summed E-state index contributed by atoms with van der Waals surface area (Å²) < 4.78 is 5.53. The molecule has 0 atom stereocenters. The summed E-state index contributed by atoms with van der Waals surface area (Å²) in [6.45, 7) is 7.80. The molecule has 4 heteroatoms. The van der Waals surface area contributed by atoms with E-state index in [1.807, 2.05) is 12.1 Å². The van der Waals surface area contributed by atoms with Crippen LogP contribution in [0.1, 0.15) is 25.8 Å². The maximum atomic E-state index is 6.10. The van der Waals surface area contributed by atoms with Crippen LogP contribution in [0.25, 0.3) is 0 Å². The van der Waals surface area contributed by atoms with Crippen molar-refractivity contribution in [3.8, 4) is 0 Å². The summed E-state index contributed by atoms with van der Waals surface area (Å²) in [5, 5.41) is 4.77. The zero-order chi connectivity index (χ0) is 14.1. The molecular weight excluding hydrogens is 281 g/mol. The molecule has 0 aliphatic carbocycles. The summed E-state index contributed by atoms with van der Waals surface area (Å²) in [5.74, 6) is 0.708. The smallest absolute Gasteiger partial charge is 0.0590 e. The highest BCUT2D eigenvalue weighted by Gasteiger charge is 2.00. The largest absolute Gasteiger partial charge is 0.380 e. The number of halogens is 2. The first-order valence-corrected chi connectivity index (χ1v) is 7.57. The van der Waals surface area contributed by atoms with Gasteiger partial charge in [0.15, 0.2) is 0 Å². The highest BCUT2D eigenvalue weighted by atomic mass is 35.5. The fraction of sp³-hybridized carbons (Fsp3) is 0.600. The molecule has 0 saturated heterocycles. The van der Waals surface area contributed by atoms with Gasteiger partial charge in [-0.25, -0.2) is 0 Å². The average molecular weight is 304 g/mol. The number of benzene rings is 1. The molecule has 19 heavy (non-hydrogen) atoms. The van der Waals surface area contributed by atoms with E-state index in [0.29, 0.717) is 10.9 Å². The summed E-state index contributed by atoms with van der Waals surface area (Å²) in [7, 11) is 0. The Hall–Kier alpha value is -0.280. The van der Waals surface area contributed by atoms with Crippen LogP contribution in [0, 0.1) is 5.92 Å². The Labute approximate surface area is 126 Å². The average Bonchev–Trinajstić information content (AvgIpc) is 2.34. The van der Waals surface area contributed by atoms with E-state index in [0.717, 1.165) is 49.7 Å². The molecule has 0 aliphatic rings. The van der Waals surface area contributed by atoms with Gasteiger partial charge in [-0.2, -0.15) is 0 Å². The maximum Gasteiger partial charge on any atom is 0.0590 e. The fourth-order valence-electron chi connectivity index (χ4n) is 1.64. The Morgan fingerprint density at radius 2 is 1.95 bits per heavy atom. The summed E-state index contributed by atoms with van der Waals surface area (Å²) >= 11 is 12.0. The van der Waals surface area contributed by atoms with E-state index >= 15 is 0 Å². The van der Waals surface area contributed by atoms with Crippen LogP contribution in [0.5, 0.6) is 0 Å². The van der Waals surface area contributed by atoms with Crippen molar-refractivity contribution in [3.05, 3.63) is 33.8 Å². The molecule has 0 amide bonds. The van der Waals surface area contributed by atoms with Crippen LogP contribution in [0.15, 0.2) is 18.2 Å². The summed E-state index contributed by atoms with van der Waals surface area (Å²) in [6.07, 6.45) is 2.03. The fourth-order valence-corrected chi connectivity index (χ4v) is 2.14. The highest BCUT2D eigenvalue weighted by Crippen LogP contribution is 2.20. The van der Waals surface area contributed by atoms with Crippen molar-refractivity contribution < 1.29 is 4.74 Å². The summed E-state index contributed by atoms with van der Waals surface area (Å²) in [4.78, 5) is 0. The van der Waals surface area contributed by atoms with Gasteiger partial charge in [0.05, 0.1) is 6.61 Å². The van der Waals surface area contributed by atoms with Gasteiger partial charge >= 0.3 is 0 Å². The van der Waals surface area contributed by atoms with E-state index in [9.17, 15) is 0 Å². The van der Waals surface area contributed by atoms with Crippen molar-refractivity contribution in [2.45, 2.75) is 26.7 Å². The second-order valence-corrected chi connectivity index (χ2v) is 5.87. The van der Waals surface area contributed by atoms with Gasteiger partial charge in [-0.1, -0.05) is 43.1 Å². The second kappa shape index (κ2) is 9.60. The van der Waals surface area contributed by atoms with E-state index in [4.69, 9.17) is 27.9 Å². The lowest BCUT2D eigenvalue weighted by Gasteiger charge is -2.08. The third-order valence-electron chi connectivity index (χ3n) is 2.85. The second-order valence-electron chi connectivity index (χ2n) is 5.03. The molecule has 0 unspecified atom stereocenters. The van der Waals surface area contributed by atoms with Crippen molar-refractivity contribution in [3.63, 3.8) is 0 Å². The third kappa shape index (κ3) is 7.78. The molecule has 0 aromatic heterocycles. The van der Waals surface area contributed by atoms with Crippen molar-refractivity contribution in [2.75, 3.05) is 26.3 Å². The van der Waals surface area contributed by atoms with E-state index in [-0.39, 0.29) is 0 Å². The summed E-state index contributed by atoms with van der Waals surface area (Å²) in [5.41, 5.74) is 1.12. The molecule has 2 nitrogen and oxygen atoms in total. The predicted octanol–water partition coefficient (Wildman–Crippen LogP) is 4.19. The maximum absolute atomic E-state index is 6.10. The zero-order valence-electron chi connectivity index (χ0n) is 11.7. The lowest BCUT2D eigenvalue weighted by molar-refractivity contribution is 0.125. The minimum Gasteiger partial charge on any atom is -0.380 e. The molecule has 1 aromatic carbocycles. The number of hydrogen-bond donors (Lipinski definition) is 1. The van der Waals surface area contributed by atoms with Crippen LogP contribution in [-0.2, 0) is 11.2 Å². The molecule has 0 bridgehead atoms. The third-order valence-corrected chi connectivity index (χ3v) is 3.44. The number of nitrogens with one attached hydrogen (secondary N) is 1. The molecule has 1 aromatic rings. The molecule has 0 saturated carbocycles. The van der Waals surface area contributed by atoms with E-state index in [1.54, 1.807) is 6.07 Å². The molecule has 108 valence electrons. The van der Waals surface area contributed by atoms with Gasteiger partial charge in [-0.05, 0) is 43.0 Å². The standard InChI is InChI=1S/C15H23Cl2NO/c1-12(2)6-9-19-10-8-18-7-5-13-3-4-14(16)11-15(13)17/h3-4,11-12,18H,5-10H2,1-2H3. The minimum atomic E-state index is 0.681. The van der Waals surface area contributed by atoms with Crippen LogP contribution < -0.4 is 5.32 Å². The molecule has 0 aliphatic heterocycles. The van der Waals surface area contributed by atoms with Gasteiger partial charge < -0.3 is 10.1 Å².